The third kappa shape index (κ3) is 2.62. The van der Waals surface area contributed by atoms with Crippen LogP contribution in [0.2, 0.25) is 5.02 Å². The highest BCUT2D eigenvalue weighted by atomic mass is 35.5. The van der Waals surface area contributed by atoms with E-state index in [0.29, 0.717) is 11.4 Å². The van der Waals surface area contributed by atoms with E-state index >= 15 is 0 Å². The van der Waals surface area contributed by atoms with E-state index in [4.69, 9.17) is 11.6 Å². The summed E-state index contributed by atoms with van der Waals surface area (Å²) in [6.07, 6.45) is 1.46. The molecule has 5 rings (SSSR count). The summed E-state index contributed by atoms with van der Waals surface area (Å²) < 4.78 is 0. The summed E-state index contributed by atoms with van der Waals surface area (Å²) in [6, 6.07) is 14.9. The van der Waals surface area contributed by atoms with Gasteiger partial charge < -0.3 is 14.9 Å². The summed E-state index contributed by atoms with van der Waals surface area (Å²) in [7, 11) is 0. The summed E-state index contributed by atoms with van der Waals surface area (Å²) in [6.45, 7) is 0.734. The average molecular weight is 378 g/mol. The number of fused-ring (bicyclic) bond motifs is 3. The number of aromatic nitrogens is 2. The Hall–Kier alpha value is -3.05. The Balaban J connectivity index is 1.74. The number of halogens is 1. The number of hydrogen-bond donors (Lipinski definition) is 2. The highest BCUT2D eigenvalue weighted by Crippen LogP contribution is 2.34. The van der Waals surface area contributed by atoms with Crippen molar-refractivity contribution in [1.29, 1.82) is 0 Å². The Morgan fingerprint density at radius 2 is 1.85 bits per heavy atom. The number of H-pyrrole nitrogens is 2. The zero-order chi connectivity index (χ0) is 18.5. The molecule has 2 aromatic heterocycles. The van der Waals surface area contributed by atoms with Crippen LogP contribution >= 0.6 is 11.6 Å². The Morgan fingerprint density at radius 1 is 0.963 bits per heavy atom. The van der Waals surface area contributed by atoms with Gasteiger partial charge in [-0.15, -0.1) is 0 Å². The van der Waals surface area contributed by atoms with E-state index in [0.717, 1.165) is 51.7 Å². The maximum Gasteiger partial charge on any atom is 0.249 e. The standard InChI is InChI=1S/C21H16ClN3O2/c22-13-6-7-17-16(10-13)21-20(23-17)15(11-18(26)24-21)12-3-1-4-14(9-12)25-8-2-5-19(25)27/h1,3-4,6-7,9-11,23H,2,5,8H2,(H,24,26). The van der Waals surface area contributed by atoms with Crippen LogP contribution in [-0.4, -0.2) is 22.4 Å². The van der Waals surface area contributed by atoms with Crippen molar-refractivity contribution in [2.45, 2.75) is 12.8 Å². The van der Waals surface area contributed by atoms with Gasteiger partial charge in [-0.2, -0.15) is 0 Å². The van der Waals surface area contributed by atoms with Crippen molar-refractivity contribution in [2.24, 2.45) is 0 Å². The minimum atomic E-state index is -0.180. The molecule has 2 aromatic carbocycles. The second kappa shape index (κ2) is 5.99. The van der Waals surface area contributed by atoms with Crippen molar-refractivity contribution in [1.82, 2.24) is 9.97 Å². The molecule has 1 amide bonds. The van der Waals surface area contributed by atoms with Gasteiger partial charge >= 0.3 is 0 Å². The topological polar surface area (TPSA) is 69.0 Å². The van der Waals surface area contributed by atoms with Crippen LogP contribution in [-0.2, 0) is 4.79 Å². The van der Waals surface area contributed by atoms with Gasteiger partial charge in [0.15, 0.2) is 0 Å². The normalized spacial score (nSPS) is 14.6. The van der Waals surface area contributed by atoms with E-state index < -0.39 is 0 Å². The van der Waals surface area contributed by atoms with E-state index in [2.05, 4.69) is 9.97 Å². The molecule has 0 aliphatic carbocycles. The molecule has 0 radical (unpaired) electrons. The minimum Gasteiger partial charge on any atom is -0.353 e. The number of benzene rings is 2. The number of hydrogen-bond acceptors (Lipinski definition) is 2. The molecule has 1 aliphatic rings. The highest BCUT2D eigenvalue weighted by Gasteiger charge is 2.22. The molecule has 1 aliphatic heterocycles. The van der Waals surface area contributed by atoms with Gasteiger partial charge in [0.05, 0.1) is 11.0 Å². The van der Waals surface area contributed by atoms with Crippen LogP contribution in [0, 0.1) is 0 Å². The van der Waals surface area contributed by atoms with Crippen molar-refractivity contribution in [3.05, 3.63) is 63.9 Å². The summed E-state index contributed by atoms with van der Waals surface area (Å²) in [5.74, 6) is 0.142. The van der Waals surface area contributed by atoms with Gasteiger partial charge in [-0.05, 0) is 42.3 Å². The molecular formula is C21H16ClN3O2. The number of rotatable bonds is 2. The second-order valence-electron chi connectivity index (χ2n) is 6.81. The summed E-state index contributed by atoms with van der Waals surface area (Å²) in [4.78, 5) is 32.5. The molecule has 0 saturated carbocycles. The van der Waals surface area contributed by atoms with Crippen molar-refractivity contribution in [3.63, 3.8) is 0 Å². The first-order chi connectivity index (χ1) is 13.1. The summed E-state index contributed by atoms with van der Waals surface area (Å²) in [5, 5.41) is 1.49. The fourth-order valence-corrected chi connectivity index (χ4v) is 4.02. The van der Waals surface area contributed by atoms with Crippen LogP contribution in [0.1, 0.15) is 12.8 Å². The van der Waals surface area contributed by atoms with E-state index in [1.165, 1.54) is 0 Å². The molecule has 5 nitrogen and oxygen atoms in total. The van der Waals surface area contributed by atoms with Crippen LogP contribution in [0.25, 0.3) is 33.1 Å². The fourth-order valence-electron chi connectivity index (χ4n) is 3.85. The number of pyridine rings is 1. The Labute approximate surface area is 159 Å². The zero-order valence-electron chi connectivity index (χ0n) is 14.4. The molecule has 27 heavy (non-hydrogen) atoms. The minimum absolute atomic E-state index is 0.142. The Kier molecular flexibility index (Phi) is 3.58. The van der Waals surface area contributed by atoms with Crippen LogP contribution in [0.4, 0.5) is 5.69 Å². The third-order valence-corrected chi connectivity index (χ3v) is 5.33. The van der Waals surface area contributed by atoms with Gasteiger partial charge in [-0.25, -0.2) is 0 Å². The van der Waals surface area contributed by atoms with Crippen LogP contribution in [0.5, 0.6) is 0 Å². The van der Waals surface area contributed by atoms with Gasteiger partial charge in [0, 0.05) is 46.2 Å². The molecule has 1 saturated heterocycles. The lowest BCUT2D eigenvalue weighted by Gasteiger charge is -2.16. The number of anilines is 1. The summed E-state index contributed by atoms with van der Waals surface area (Å²) >= 11 is 6.14. The van der Waals surface area contributed by atoms with Gasteiger partial charge in [0.2, 0.25) is 11.5 Å². The van der Waals surface area contributed by atoms with E-state index in [1.54, 1.807) is 11.0 Å². The molecule has 3 heterocycles. The number of carbonyl (C=O) groups is 1. The second-order valence-corrected chi connectivity index (χ2v) is 7.25. The van der Waals surface area contributed by atoms with Crippen LogP contribution < -0.4 is 10.5 Å². The fraction of sp³-hybridized carbons (Fsp3) is 0.143. The maximum absolute atomic E-state index is 12.3. The molecule has 4 aromatic rings. The van der Waals surface area contributed by atoms with E-state index in [1.807, 2.05) is 42.5 Å². The molecular weight excluding hydrogens is 362 g/mol. The molecule has 0 atom stereocenters. The van der Waals surface area contributed by atoms with Gasteiger partial charge in [-0.1, -0.05) is 23.7 Å². The first-order valence-electron chi connectivity index (χ1n) is 8.85. The number of aromatic amines is 2. The van der Waals surface area contributed by atoms with Crippen molar-refractivity contribution in [2.75, 3.05) is 11.4 Å². The number of amides is 1. The van der Waals surface area contributed by atoms with Crippen molar-refractivity contribution in [3.8, 4) is 11.1 Å². The lowest BCUT2D eigenvalue weighted by molar-refractivity contribution is -0.117. The highest BCUT2D eigenvalue weighted by molar-refractivity contribution is 6.31. The molecule has 134 valence electrons. The number of nitrogens with zero attached hydrogens (tertiary/aromatic N) is 1. The SMILES string of the molecule is O=C1CCCN1c1cccc(-c2cc(=O)[nH]c3c2[nH]c2ccc(Cl)cc23)c1. The zero-order valence-corrected chi connectivity index (χ0v) is 15.1. The van der Waals surface area contributed by atoms with E-state index in [-0.39, 0.29) is 11.5 Å². The Bertz CT molecular complexity index is 1270. The molecule has 1 fully saturated rings. The molecule has 2 N–H and O–H groups in total. The first kappa shape index (κ1) is 16.1. The number of nitrogens with one attached hydrogen (secondary N) is 2. The molecule has 6 heteroatoms. The Morgan fingerprint density at radius 3 is 2.67 bits per heavy atom. The van der Waals surface area contributed by atoms with Crippen LogP contribution in [0.3, 0.4) is 0 Å². The third-order valence-electron chi connectivity index (χ3n) is 5.10. The molecule has 0 bridgehead atoms. The largest absolute Gasteiger partial charge is 0.353 e. The van der Waals surface area contributed by atoms with Gasteiger partial charge in [0.25, 0.3) is 0 Å². The average Bonchev–Trinajstić information content (AvgIpc) is 3.25. The smallest absolute Gasteiger partial charge is 0.249 e. The van der Waals surface area contributed by atoms with E-state index in [9.17, 15) is 9.59 Å². The molecule has 0 spiro atoms. The first-order valence-corrected chi connectivity index (χ1v) is 9.23. The van der Waals surface area contributed by atoms with Crippen molar-refractivity contribution >= 4 is 45.1 Å². The van der Waals surface area contributed by atoms with Gasteiger partial charge in [0.1, 0.15) is 0 Å². The predicted octanol–water partition coefficient (Wildman–Crippen LogP) is 4.46. The van der Waals surface area contributed by atoms with Gasteiger partial charge in [-0.3, -0.25) is 9.59 Å². The molecule has 0 unspecified atom stereocenters. The summed E-state index contributed by atoms with van der Waals surface area (Å²) in [5.41, 5.74) is 4.86. The van der Waals surface area contributed by atoms with Crippen molar-refractivity contribution < 1.29 is 4.79 Å². The maximum atomic E-state index is 12.3. The lowest BCUT2D eigenvalue weighted by atomic mass is 10.0. The predicted molar refractivity (Wildman–Crippen MR) is 108 cm³/mol. The monoisotopic (exact) mass is 377 g/mol. The quantitative estimate of drug-likeness (QED) is 0.541. The lowest BCUT2D eigenvalue weighted by Crippen LogP contribution is -2.23. The van der Waals surface area contributed by atoms with Crippen LogP contribution in [0.15, 0.2) is 53.3 Å². The number of carbonyl (C=O) groups excluding carboxylic acids is 1.